The molecule has 1 unspecified atom stereocenters. The average Bonchev–Trinajstić information content (AvgIpc) is 2.80. The van der Waals surface area contributed by atoms with Crippen molar-refractivity contribution in [1.29, 1.82) is 0 Å². The zero-order valence-electron chi connectivity index (χ0n) is 12.8. The van der Waals surface area contributed by atoms with Crippen molar-refractivity contribution in [2.45, 2.75) is 19.4 Å². The minimum atomic E-state index is 0.0582. The van der Waals surface area contributed by atoms with Gasteiger partial charge in [-0.15, -0.1) is 0 Å². The van der Waals surface area contributed by atoms with E-state index in [0.29, 0.717) is 11.3 Å². The Morgan fingerprint density at radius 2 is 2.19 bits per heavy atom. The van der Waals surface area contributed by atoms with Crippen molar-refractivity contribution in [3.63, 3.8) is 0 Å². The van der Waals surface area contributed by atoms with E-state index in [0.717, 1.165) is 57.8 Å². The molecule has 3 rings (SSSR count). The van der Waals surface area contributed by atoms with Crippen molar-refractivity contribution >= 4 is 0 Å². The zero-order chi connectivity index (χ0) is 14.9. The van der Waals surface area contributed by atoms with E-state index in [1.54, 1.807) is 17.7 Å². The Labute approximate surface area is 125 Å². The summed E-state index contributed by atoms with van der Waals surface area (Å²) in [6, 6.07) is 3.78. The van der Waals surface area contributed by atoms with Crippen LogP contribution in [0.3, 0.4) is 0 Å². The molecule has 2 saturated heterocycles. The van der Waals surface area contributed by atoms with Crippen LogP contribution >= 0.6 is 0 Å². The Morgan fingerprint density at radius 3 is 2.86 bits per heavy atom. The Bertz CT molecular complexity index is 549. The van der Waals surface area contributed by atoms with Gasteiger partial charge in [0.1, 0.15) is 0 Å². The summed E-state index contributed by atoms with van der Waals surface area (Å²) in [4.78, 5) is 14.2. The Hall–Kier alpha value is -1.17. The molecule has 2 fully saturated rings. The first kappa shape index (κ1) is 14.8. The third-order valence-electron chi connectivity index (χ3n) is 5.23. The summed E-state index contributed by atoms with van der Waals surface area (Å²) in [5.41, 5.74) is 7.50. The summed E-state index contributed by atoms with van der Waals surface area (Å²) in [6.07, 6.45) is 4.07. The average molecular weight is 291 g/mol. The molecule has 0 radical (unpaired) electrons. The van der Waals surface area contributed by atoms with Gasteiger partial charge in [-0.3, -0.25) is 9.69 Å². The van der Waals surface area contributed by atoms with Gasteiger partial charge in [0.15, 0.2) is 0 Å². The minimum Gasteiger partial charge on any atom is -0.381 e. The largest absolute Gasteiger partial charge is 0.381 e. The number of hydrogen-bond acceptors (Lipinski definition) is 4. The summed E-state index contributed by atoms with van der Waals surface area (Å²) in [5, 5.41) is 0. The molecule has 0 bridgehead atoms. The van der Waals surface area contributed by atoms with E-state index >= 15 is 0 Å². The van der Waals surface area contributed by atoms with Gasteiger partial charge in [0.25, 0.3) is 5.56 Å². The molecule has 5 heteroatoms. The van der Waals surface area contributed by atoms with Crippen molar-refractivity contribution in [1.82, 2.24) is 9.47 Å². The summed E-state index contributed by atoms with van der Waals surface area (Å²) in [5.74, 6) is 0.549. The third kappa shape index (κ3) is 2.91. The minimum absolute atomic E-state index is 0.0582. The lowest BCUT2D eigenvalue weighted by Gasteiger charge is -2.37. The second-order valence-corrected chi connectivity index (χ2v) is 6.56. The van der Waals surface area contributed by atoms with Gasteiger partial charge >= 0.3 is 0 Å². The molecule has 1 atom stereocenters. The second-order valence-electron chi connectivity index (χ2n) is 6.56. The van der Waals surface area contributed by atoms with E-state index in [-0.39, 0.29) is 5.56 Å². The van der Waals surface area contributed by atoms with Crippen LogP contribution in [0.2, 0.25) is 0 Å². The summed E-state index contributed by atoms with van der Waals surface area (Å²) >= 11 is 0. The number of rotatable bonds is 3. The van der Waals surface area contributed by atoms with E-state index in [4.69, 9.17) is 10.5 Å². The number of pyridine rings is 1. The lowest BCUT2D eigenvalue weighted by Crippen LogP contribution is -2.39. The van der Waals surface area contributed by atoms with Gasteiger partial charge in [-0.1, -0.05) is 0 Å². The predicted octanol–water partition coefficient (Wildman–Crippen LogP) is 0.573. The smallest absolute Gasteiger partial charge is 0.250 e. The molecule has 2 aliphatic rings. The fourth-order valence-electron chi connectivity index (χ4n) is 3.88. The highest BCUT2D eigenvalue weighted by Gasteiger charge is 2.46. The first-order valence-electron chi connectivity index (χ1n) is 7.79. The maximum absolute atomic E-state index is 11.7. The molecule has 1 aromatic heterocycles. The van der Waals surface area contributed by atoms with Crippen LogP contribution in [-0.2, 0) is 18.3 Å². The molecule has 1 aromatic rings. The molecule has 2 N–H and O–H groups in total. The number of nitrogens with zero attached hydrogens (tertiary/aromatic N) is 2. The molecule has 2 aliphatic heterocycles. The zero-order valence-corrected chi connectivity index (χ0v) is 12.8. The van der Waals surface area contributed by atoms with Crippen LogP contribution in [0.15, 0.2) is 23.1 Å². The van der Waals surface area contributed by atoms with Gasteiger partial charge in [0, 0.05) is 52.2 Å². The van der Waals surface area contributed by atoms with Crippen molar-refractivity contribution in [3.05, 3.63) is 34.2 Å². The number of aryl methyl sites for hydroxylation is 1. The lowest BCUT2D eigenvalue weighted by atomic mass is 9.72. The maximum Gasteiger partial charge on any atom is 0.250 e. The predicted molar refractivity (Wildman–Crippen MR) is 82.0 cm³/mol. The molecule has 0 aliphatic carbocycles. The summed E-state index contributed by atoms with van der Waals surface area (Å²) in [6.45, 7) is 5.41. The highest BCUT2D eigenvalue weighted by Crippen LogP contribution is 2.44. The molecular weight excluding hydrogens is 266 g/mol. The molecule has 3 heterocycles. The highest BCUT2D eigenvalue weighted by molar-refractivity contribution is 5.12. The number of hydrogen-bond donors (Lipinski definition) is 1. The lowest BCUT2D eigenvalue weighted by molar-refractivity contribution is 0.00103. The Balaban J connectivity index is 1.72. The van der Waals surface area contributed by atoms with Crippen molar-refractivity contribution in [3.8, 4) is 0 Å². The van der Waals surface area contributed by atoms with Crippen molar-refractivity contribution in [2.24, 2.45) is 24.1 Å². The highest BCUT2D eigenvalue weighted by atomic mass is 16.5. The SMILES string of the molecule is Cn1ccc(CN2CC(CN)C3(CCOCC3)C2)cc1=O. The van der Waals surface area contributed by atoms with Crippen LogP contribution in [0.25, 0.3) is 0 Å². The van der Waals surface area contributed by atoms with Gasteiger partial charge in [-0.2, -0.15) is 0 Å². The topological polar surface area (TPSA) is 60.5 Å². The van der Waals surface area contributed by atoms with Gasteiger partial charge < -0.3 is 15.0 Å². The van der Waals surface area contributed by atoms with Crippen LogP contribution in [0, 0.1) is 11.3 Å². The maximum atomic E-state index is 11.7. The molecule has 5 nitrogen and oxygen atoms in total. The summed E-state index contributed by atoms with van der Waals surface area (Å²) in [7, 11) is 1.78. The van der Waals surface area contributed by atoms with Crippen LogP contribution in [0.4, 0.5) is 0 Å². The van der Waals surface area contributed by atoms with Gasteiger partial charge in [-0.25, -0.2) is 0 Å². The number of aromatic nitrogens is 1. The first-order valence-corrected chi connectivity index (χ1v) is 7.79. The summed E-state index contributed by atoms with van der Waals surface area (Å²) < 4.78 is 7.14. The third-order valence-corrected chi connectivity index (χ3v) is 5.23. The second kappa shape index (κ2) is 5.91. The molecule has 21 heavy (non-hydrogen) atoms. The van der Waals surface area contributed by atoms with Crippen molar-refractivity contribution < 1.29 is 4.74 Å². The van der Waals surface area contributed by atoms with E-state index in [1.165, 1.54) is 0 Å². The van der Waals surface area contributed by atoms with E-state index in [9.17, 15) is 4.79 Å². The van der Waals surface area contributed by atoms with Crippen LogP contribution < -0.4 is 11.3 Å². The molecular formula is C16H25N3O2. The van der Waals surface area contributed by atoms with Crippen LogP contribution in [-0.4, -0.2) is 42.3 Å². The molecule has 1 spiro atoms. The monoisotopic (exact) mass is 291 g/mol. The van der Waals surface area contributed by atoms with Gasteiger partial charge in [-0.05, 0) is 42.3 Å². The molecule has 0 amide bonds. The number of likely N-dealkylation sites (tertiary alicyclic amines) is 1. The van der Waals surface area contributed by atoms with E-state index in [1.807, 2.05) is 12.3 Å². The standard InChI is InChI=1S/C16H25N3O2/c1-18-5-2-13(8-15(18)20)10-19-11-14(9-17)16(12-19)3-6-21-7-4-16/h2,5,8,14H,3-4,6-7,9-12,17H2,1H3. The van der Waals surface area contributed by atoms with Crippen LogP contribution in [0.1, 0.15) is 18.4 Å². The quantitative estimate of drug-likeness (QED) is 0.884. The number of nitrogens with two attached hydrogens (primary N) is 1. The normalized spacial score (nSPS) is 25.5. The van der Waals surface area contributed by atoms with Crippen molar-refractivity contribution in [2.75, 3.05) is 32.8 Å². The van der Waals surface area contributed by atoms with E-state index < -0.39 is 0 Å². The molecule has 0 saturated carbocycles. The first-order chi connectivity index (χ1) is 10.1. The van der Waals surface area contributed by atoms with Gasteiger partial charge in [0.2, 0.25) is 0 Å². The Morgan fingerprint density at radius 1 is 1.43 bits per heavy atom. The van der Waals surface area contributed by atoms with Gasteiger partial charge in [0.05, 0.1) is 0 Å². The van der Waals surface area contributed by atoms with Crippen LogP contribution in [0.5, 0.6) is 0 Å². The molecule has 0 aromatic carbocycles. The Kier molecular flexibility index (Phi) is 4.15. The fourth-order valence-corrected chi connectivity index (χ4v) is 3.88. The fraction of sp³-hybridized carbons (Fsp3) is 0.688. The molecule has 116 valence electrons. The van der Waals surface area contributed by atoms with E-state index in [2.05, 4.69) is 4.90 Å². The number of ether oxygens (including phenoxy) is 1.